The standard InChI is InChI=1S/C16H21NO4/c1-11-5-3-6-12(9-11)10-13(16(19)20-2)17-15(18)14-7-4-8-21-14/h3,5-6,9,13-14H,4,7-8,10H2,1-2H3,(H,17,18)/t13-,14+/m0/s1. The quantitative estimate of drug-likeness (QED) is 0.832. The van der Waals surface area contributed by atoms with Crippen LogP contribution in [0.15, 0.2) is 24.3 Å². The lowest BCUT2D eigenvalue weighted by atomic mass is 10.0. The predicted molar refractivity (Wildman–Crippen MR) is 77.8 cm³/mol. The molecule has 1 aliphatic heterocycles. The molecule has 2 rings (SSSR count). The maximum Gasteiger partial charge on any atom is 0.328 e. The minimum absolute atomic E-state index is 0.240. The van der Waals surface area contributed by atoms with Gasteiger partial charge in [0.2, 0.25) is 5.91 Å². The molecule has 114 valence electrons. The first kappa shape index (κ1) is 15.5. The second-order valence-electron chi connectivity index (χ2n) is 5.28. The fourth-order valence-corrected chi connectivity index (χ4v) is 2.46. The van der Waals surface area contributed by atoms with Gasteiger partial charge in [-0.2, -0.15) is 0 Å². The van der Waals surface area contributed by atoms with Gasteiger partial charge in [-0.25, -0.2) is 4.79 Å². The SMILES string of the molecule is COC(=O)[C@H](Cc1cccc(C)c1)NC(=O)[C@H]1CCCO1. The molecular weight excluding hydrogens is 270 g/mol. The number of nitrogens with one attached hydrogen (secondary N) is 1. The third-order valence-corrected chi connectivity index (χ3v) is 3.55. The second kappa shape index (κ2) is 7.22. The average molecular weight is 291 g/mol. The van der Waals surface area contributed by atoms with Crippen molar-refractivity contribution in [2.24, 2.45) is 0 Å². The Bertz CT molecular complexity index is 509. The molecule has 1 aromatic rings. The first-order chi connectivity index (χ1) is 10.1. The number of rotatable bonds is 5. The highest BCUT2D eigenvalue weighted by molar-refractivity contribution is 5.87. The van der Waals surface area contributed by atoms with Crippen LogP contribution in [0.4, 0.5) is 0 Å². The molecule has 0 bridgehead atoms. The van der Waals surface area contributed by atoms with Crippen molar-refractivity contribution in [2.75, 3.05) is 13.7 Å². The minimum atomic E-state index is -0.687. The highest BCUT2D eigenvalue weighted by atomic mass is 16.5. The molecule has 5 nitrogen and oxygen atoms in total. The number of benzene rings is 1. The van der Waals surface area contributed by atoms with Gasteiger partial charge in [-0.05, 0) is 25.3 Å². The van der Waals surface area contributed by atoms with E-state index in [9.17, 15) is 9.59 Å². The maximum absolute atomic E-state index is 12.1. The monoisotopic (exact) mass is 291 g/mol. The molecule has 1 aliphatic rings. The lowest BCUT2D eigenvalue weighted by Crippen LogP contribution is -2.47. The first-order valence-corrected chi connectivity index (χ1v) is 7.15. The summed E-state index contributed by atoms with van der Waals surface area (Å²) in [6.07, 6.45) is 1.53. The van der Waals surface area contributed by atoms with E-state index in [1.54, 1.807) is 0 Å². The lowest BCUT2D eigenvalue weighted by molar-refractivity contribution is -0.146. The molecule has 1 saturated heterocycles. The molecule has 0 aromatic heterocycles. The average Bonchev–Trinajstić information content (AvgIpc) is 3.00. The number of carbonyl (C=O) groups excluding carboxylic acids is 2. The van der Waals surface area contributed by atoms with Crippen LogP contribution in [0, 0.1) is 6.92 Å². The van der Waals surface area contributed by atoms with Gasteiger partial charge in [0.25, 0.3) is 0 Å². The van der Waals surface area contributed by atoms with Gasteiger partial charge in [0.1, 0.15) is 12.1 Å². The van der Waals surface area contributed by atoms with Crippen LogP contribution in [0.2, 0.25) is 0 Å². The van der Waals surface area contributed by atoms with Gasteiger partial charge in [0.15, 0.2) is 0 Å². The Hall–Kier alpha value is -1.88. The van der Waals surface area contributed by atoms with Gasteiger partial charge < -0.3 is 14.8 Å². The Morgan fingerprint density at radius 3 is 2.90 bits per heavy atom. The minimum Gasteiger partial charge on any atom is -0.467 e. The third kappa shape index (κ3) is 4.29. The zero-order chi connectivity index (χ0) is 15.2. The fraction of sp³-hybridized carbons (Fsp3) is 0.500. The highest BCUT2D eigenvalue weighted by Gasteiger charge is 2.28. The molecule has 1 N–H and O–H groups in total. The van der Waals surface area contributed by atoms with Gasteiger partial charge in [-0.15, -0.1) is 0 Å². The van der Waals surface area contributed by atoms with Crippen LogP contribution < -0.4 is 5.32 Å². The summed E-state index contributed by atoms with van der Waals surface area (Å²) in [5.74, 6) is -0.682. The smallest absolute Gasteiger partial charge is 0.328 e. The normalized spacial score (nSPS) is 19.0. The number of aryl methyl sites for hydroxylation is 1. The molecule has 5 heteroatoms. The van der Waals surface area contributed by atoms with E-state index in [0.29, 0.717) is 19.4 Å². The predicted octanol–water partition coefficient (Wildman–Crippen LogP) is 1.37. The van der Waals surface area contributed by atoms with Crippen molar-refractivity contribution >= 4 is 11.9 Å². The molecule has 1 fully saturated rings. The van der Waals surface area contributed by atoms with Crippen LogP contribution in [0.1, 0.15) is 24.0 Å². The summed E-state index contributed by atoms with van der Waals surface area (Å²) in [6, 6.07) is 7.16. The molecule has 21 heavy (non-hydrogen) atoms. The van der Waals surface area contributed by atoms with E-state index in [-0.39, 0.29) is 5.91 Å². The number of ether oxygens (including phenoxy) is 2. The number of methoxy groups -OCH3 is 1. The Labute approximate surface area is 124 Å². The van der Waals surface area contributed by atoms with Crippen molar-refractivity contribution in [1.82, 2.24) is 5.32 Å². The van der Waals surface area contributed by atoms with E-state index < -0.39 is 18.1 Å². The second-order valence-corrected chi connectivity index (χ2v) is 5.28. The van der Waals surface area contributed by atoms with Gasteiger partial charge in [0, 0.05) is 13.0 Å². The topological polar surface area (TPSA) is 64.6 Å². The molecule has 0 aliphatic carbocycles. The number of esters is 1. The Morgan fingerprint density at radius 2 is 2.29 bits per heavy atom. The van der Waals surface area contributed by atoms with Gasteiger partial charge >= 0.3 is 5.97 Å². The summed E-state index contributed by atoms with van der Waals surface area (Å²) in [4.78, 5) is 24.0. The van der Waals surface area contributed by atoms with E-state index in [0.717, 1.165) is 17.5 Å². The van der Waals surface area contributed by atoms with Crippen molar-refractivity contribution in [1.29, 1.82) is 0 Å². The summed E-state index contributed by atoms with van der Waals surface area (Å²) in [6.45, 7) is 2.58. The van der Waals surface area contributed by atoms with Gasteiger partial charge in [0.05, 0.1) is 7.11 Å². The summed E-state index contributed by atoms with van der Waals surface area (Å²) in [5.41, 5.74) is 2.10. The van der Waals surface area contributed by atoms with Crippen molar-refractivity contribution in [3.05, 3.63) is 35.4 Å². The number of hydrogen-bond donors (Lipinski definition) is 1. The maximum atomic E-state index is 12.1. The van der Waals surface area contributed by atoms with Crippen molar-refractivity contribution in [2.45, 2.75) is 38.3 Å². The number of carbonyl (C=O) groups is 2. The molecule has 0 unspecified atom stereocenters. The van der Waals surface area contributed by atoms with Crippen molar-refractivity contribution in [3.8, 4) is 0 Å². The summed E-state index contributed by atoms with van der Waals surface area (Å²) >= 11 is 0. The van der Waals surface area contributed by atoms with Crippen LogP contribution in [0.3, 0.4) is 0 Å². The van der Waals surface area contributed by atoms with Crippen LogP contribution >= 0.6 is 0 Å². The zero-order valence-electron chi connectivity index (χ0n) is 12.4. The van der Waals surface area contributed by atoms with Crippen LogP contribution in [0.25, 0.3) is 0 Å². The Balaban J connectivity index is 2.03. The Morgan fingerprint density at radius 1 is 1.48 bits per heavy atom. The summed E-state index contributed by atoms with van der Waals surface area (Å²) in [7, 11) is 1.32. The number of amides is 1. The molecule has 2 atom stereocenters. The molecule has 0 saturated carbocycles. The zero-order valence-corrected chi connectivity index (χ0v) is 12.4. The van der Waals surface area contributed by atoms with Crippen molar-refractivity contribution in [3.63, 3.8) is 0 Å². The van der Waals surface area contributed by atoms with Crippen LogP contribution in [-0.4, -0.2) is 37.7 Å². The van der Waals surface area contributed by atoms with Crippen LogP contribution in [-0.2, 0) is 25.5 Å². The molecule has 0 spiro atoms. The van der Waals surface area contributed by atoms with Crippen molar-refractivity contribution < 1.29 is 19.1 Å². The molecule has 1 aromatic carbocycles. The molecule has 0 radical (unpaired) electrons. The lowest BCUT2D eigenvalue weighted by Gasteiger charge is -2.19. The van der Waals surface area contributed by atoms with E-state index in [1.165, 1.54) is 7.11 Å². The van der Waals surface area contributed by atoms with Gasteiger partial charge in [-0.1, -0.05) is 29.8 Å². The summed E-state index contributed by atoms with van der Waals surface area (Å²) in [5, 5.41) is 2.74. The van der Waals surface area contributed by atoms with E-state index in [4.69, 9.17) is 9.47 Å². The van der Waals surface area contributed by atoms with Crippen LogP contribution in [0.5, 0.6) is 0 Å². The summed E-state index contributed by atoms with van der Waals surface area (Å²) < 4.78 is 10.1. The Kier molecular flexibility index (Phi) is 5.33. The highest BCUT2D eigenvalue weighted by Crippen LogP contribution is 2.13. The number of hydrogen-bond acceptors (Lipinski definition) is 4. The van der Waals surface area contributed by atoms with Gasteiger partial charge in [-0.3, -0.25) is 4.79 Å². The first-order valence-electron chi connectivity index (χ1n) is 7.15. The fourth-order valence-electron chi connectivity index (χ4n) is 2.46. The van der Waals surface area contributed by atoms with E-state index in [1.807, 2.05) is 31.2 Å². The third-order valence-electron chi connectivity index (χ3n) is 3.55. The van der Waals surface area contributed by atoms with E-state index >= 15 is 0 Å². The largest absolute Gasteiger partial charge is 0.467 e. The molecule has 1 amide bonds. The molecular formula is C16H21NO4. The molecule has 1 heterocycles. The van der Waals surface area contributed by atoms with E-state index in [2.05, 4.69) is 5.32 Å².